The Bertz CT molecular complexity index is 620. The van der Waals surface area contributed by atoms with Crippen LogP contribution in [0, 0.1) is 5.82 Å². The zero-order valence-corrected chi connectivity index (χ0v) is 11.2. The van der Waals surface area contributed by atoms with Gasteiger partial charge in [0.15, 0.2) is 0 Å². The maximum Gasteiger partial charge on any atom is 0.256 e. The molecule has 0 saturated carbocycles. The van der Waals surface area contributed by atoms with E-state index in [2.05, 4.69) is 5.32 Å². The summed E-state index contributed by atoms with van der Waals surface area (Å²) in [4.78, 5) is 13.6. The van der Waals surface area contributed by atoms with Crippen LogP contribution < -0.4 is 5.32 Å². The minimum Gasteiger partial charge on any atom is -0.322 e. The van der Waals surface area contributed by atoms with Crippen LogP contribution in [0.25, 0.3) is 0 Å². The van der Waals surface area contributed by atoms with E-state index in [-0.39, 0.29) is 11.7 Å². The predicted octanol–water partition coefficient (Wildman–Crippen LogP) is 4.02. The fourth-order valence-corrected chi connectivity index (χ4v) is 3.57. The number of rotatable bonds is 2. The van der Waals surface area contributed by atoms with Gasteiger partial charge < -0.3 is 5.32 Å². The first-order valence-electron chi connectivity index (χ1n) is 6.40. The van der Waals surface area contributed by atoms with E-state index in [0.717, 1.165) is 24.8 Å². The Morgan fingerprint density at radius 2 is 2.11 bits per heavy atom. The summed E-state index contributed by atoms with van der Waals surface area (Å²) in [7, 11) is 0. The summed E-state index contributed by atoms with van der Waals surface area (Å²) >= 11 is 1.66. The summed E-state index contributed by atoms with van der Waals surface area (Å²) in [6.07, 6.45) is 4.40. The Kier molecular flexibility index (Phi) is 3.34. The molecule has 0 atom stereocenters. The van der Waals surface area contributed by atoms with Crippen LogP contribution in [0.3, 0.4) is 0 Å². The maximum absolute atomic E-state index is 13.1. The molecular formula is C15H14FNOS. The average Bonchev–Trinajstić information content (AvgIpc) is 2.82. The first-order valence-corrected chi connectivity index (χ1v) is 7.28. The Morgan fingerprint density at radius 3 is 2.95 bits per heavy atom. The topological polar surface area (TPSA) is 29.1 Å². The molecule has 0 radical (unpaired) electrons. The standard InChI is InChI=1S/C15H14FNOS/c16-10-4-3-5-11(8-10)17-15(18)13-9-19-14-7-2-1-6-12(13)14/h3-5,8-9H,1-2,6-7H2,(H,17,18). The van der Waals surface area contributed by atoms with Crippen molar-refractivity contribution in [2.24, 2.45) is 0 Å². The van der Waals surface area contributed by atoms with E-state index in [1.54, 1.807) is 23.5 Å². The molecule has 98 valence electrons. The molecular weight excluding hydrogens is 261 g/mol. The monoisotopic (exact) mass is 275 g/mol. The number of carbonyl (C=O) groups excluding carboxylic acids is 1. The van der Waals surface area contributed by atoms with Gasteiger partial charge in [0.05, 0.1) is 5.56 Å². The third-order valence-corrected chi connectivity index (χ3v) is 4.48. The van der Waals surface area contributed by atoms with Crippen LogP contribution in [-0.4, -0.2) is 5.91 Å². The van der Waals surface area contributed by atoms with Crippen molar-refractivity contribution >= 4 is 22.9 Å². The fourth-order valence-electron chi connectivity index (χ4n) is 2.45. The first-order chi connectivity index (χ1) is 9.24. The molecule has 19 heavy (non-hydrogen) atoms. The smallest absolute Gasteiger partial charge is 0.256 e. The molecule has 0 spiro atoms. The molecule has 0 unspecified atom stereocenters. The number of anilines is 1. The van der Waals surface area contributed by atoms with Crippen LogP contribution in [0.5, 0.6) is 0 Å². The third-order valence-electron chi connectivity index (χ3n) is 3.39. The van der Waals surface area contributed by atoms with E-state index in [1.807, 2.05) is 5.38 Å². The molecule has 1 amide bonds. The number of aryl methyl sites for hydroxylation is 1. The van der Waals surface area contributed by atoms with Crippen molar-refractivity contribution in [3.8, 4) is 0 Å². The van der Waals surface area contributed by atoms with Crippen molar-refractivity contribution in [1.29, 1.82) is 0 Å². The number of hydrogen-bond acceptors (Lipinski definition) is 2. The van der Waals surface area contributed by atoms with Crippen LogP contribution >= 0.6 is 11.3 Å². The van der Waals surface area contributed by atoms with E-state index < -0.39 is 0 Å². The molecule has 3 rings (SSSR count). The largest absolute Gasteiger partial charge is 0.322 e. The highest BCUT2D eigenvalue weighted by molar-refractivity contribution is 7.10. The second-order valence-electron chi connectivity index (χ2n) is 4.72. The molecule has 1 aromatic carbocycles. The van der Waals surface area contributed by atoms with E-state index in [0.29, 0.717) is 5.69 Å². The Labute approximate surface area is 115 Å². The minimum atomic E-state index is -0.342. The van der Waals surface area contributed by atoms with Crippen molar-refractivity contribution in [3.63, 3.8) is 0 Å². The maximum atomic E-state index is 13.1. The van der Waals surface area contributed by atoms with Crippen molar-refractivity contribution in [2.45, 2.75) is 25.7 Å². The molecule has 0 fully saturated rings. The summed E-state index contributed by atoms with van der Waals surface area (Å²) in [5.74, 6) is -0.477. The molecule has 0 bridgehead atoms. The number of hydrogen-bond donors (Lipinski definition) is 1. The molecule has 4 heteroatoms. The molecule has 0 aliphatic heterocycles. The number of thiophene rings is 1. The van der Waals surface area contributed by atoms with Gasteiger partial charge in [0.2, 0.25) is 0 Å². The van der Waals surface area contributed by atoms with Gasteiger partial charge in [-0.3, -0.25) is 4.79 Å². The highest BCUT2D eigenvalue weighted by Gasteiger charge is 2.20. The van der Waals surface area contributed by atoms with Gasteiger partial charge in [0.1, 0.15) is 5.82 Å². The second-order valence-corrected chi connectivity index (χ2v) is 5.69. The zero-order chi connectivity index (χ0) is 13.2. The Morgan fingerprint density at radius 1 is 1.26 bits per heavy atom. The van der Waals surface area contributed by atoms with E-state index >= 15 is 0 Å². The van der Waals surface area contributed by atoms with Gasteiger partial charge >= 0.3 is 0 Å². The molecule has 1 N–H and O–H groups in total. The van der Waals surface area contributed by atoms with Gasteiger partial charge in [-0.15, -0.1) is 11.3 Å². The summed E-state index contributed by atoms with van der Waals surface area (Å²) < 4.78 is 13.1. The Balaban J connectivity index is 1.83. The lowest BCUT2D eigenvalue weighted by molar-refractivity contribution is 0.102. The summed E-state index contributed by atoms with van der Waals surface area (Å²) in [6, 6.07) is 5.98. The van der Waals surface area contributed by atoms with Gasteiger partial charge in [0.25, 0.3) is 5.91 Å². The van der Waals surface area contributed by atoms with Crippen LogP contribution in [0.15, 0.2) is 29.6 Å². The van der Waals surface area contributed by atoms with E-state index in [9.17, 15) is 9.18 Å². The number of nitrogens with one attached hydrogen (secondary N) is 1. The average molecular weight is 275 g/mol. The molecule has 2 nitrogen and oxygen atoms in total. The zero-order valence-electron chi connectivity index (χ0n) is 10.4. The van der Waals surface area contributed by atoms with Gasteiger partial charge in [-0.25, -0.2) is 4.39 Å². The quantitative estimate of drug-likeness (QED) is 0.881. The minimum absolute atomic E-state index is 0.134. The van der Waals surface area contributed by atoms with Crippen LogP contribution in [0.2, 0.25) is 0 Å². The van der Waals surface area contributed by atoms with Crippen molar-refractivity contribution in [2.75, 3.05) is 5.32 Å². The highest BCUT2D eigenvalue weighted by Crippen LogP contribution is 2.30. The van der Waals surface area contributed by atoms with Crippen molar-refractivity contribution in [1.82, 2.24) is 0 Å². The van der Waals surface area contributed by atoms with Gasteiger partial charge in [-0.05, 0) is 49.4 Å². The predicted molar refractivity (Wildman–Crippen MR) is 75.3 cm³/mol. The first kappa shape index (κ1) is 12.4. The van der Waals surface area contributed by atoms with E-state index in [4.69, 9.17) is 0 Å². The van der Waals surface area contributed by atoms with E-state index in [1.165, 1.54) is 29.0 Å². The lowest BCUT2D eigenvalue weighted by Gasteiger charge is -2.12. The van der Waals surface area contributed by atoms with Crippen LogP contribution in [0.4, 0.5) is 10.1 Å². The van der Waals surface area contributed by atoms with Gasteiger partial charge in [-0.2, -0.15) is 0 Å². The number of halogens is 1. The van der Waals surface area contributed by atoms with Crippen molar-refractivity contribution < 1.29 is 9.18 Å². The lowest BCUT2D eigenvalue weighted by atomic mass is 9.95. The third kappa shape index (κ3) is 2.54. The van der Waals surface area contributed by atoms with Crippen LogP contribution in [-0.2, 0) is 12.8 Å². The molecule has 1 aliphatic rings. The molecule has 1 aromatic heterocycles. The number of carbonyl (C=O) groups is 1. The summed E-state index contributed by atoms with van der Waals surface area (Å²) in [5, 5.41) is 4.68. The lowest BCUT2D eigenvalue weighted by Crippen LogP contribution is -2.14. The fraction of sp³-hybridized carbons (Fsp3) is 0.267. The number of fused-ring (bicyclic) bond motifs is 1. The molecule has 2 aromatic rings. The highest BCUT2D eigenvalue weighted by atomic mass is 32.1. The molecule has 1 aliphatic carbocycles. The normalized spacial score (nSPS) is 13.9. The van der Waals surface area contributed by atoms with Crippen LogP contribution in [0.1, 0.15) is 33.6 Å². The molecule has 0 saturated heterocycles. The van der Waals surface area contributed by atoms with Gasteiger partial charge in [0, 0.05) is 15.9 Å². The summed E-state index contributed by atoms with van der Waals surface area (Å²) in [5.41, 5.74) is 2.44. The molecule has 1 heterocycles. The summed E-state index contributed by atoms with van der Waals surface area (Å²) in [6.45, 7) is 0. The Hall–Kier alpha value is -1.68. The number of amides is 1. The van der Waals surface area contributed by atoms with Crippen molar-refractivity contribution in [3.05, 3.63) is 51.5 Å². The second kappa shape index (κ2) is 5.13. The number of benzene rings is 1. The SMILES string of the molecule is O=C(Nc1cccc(F)c1)c1csc2c1CCCC2. The van der Waals surface area contributed by atoms with Gasteiger partial charge in [-0.1, -0.05) is 6.07 Å².